The van der Waals surface area contributed by atoms with Gasteiger partial charge in [0.1, 0.15) is 5.15 Å². The van der Waals surface area contributed by atoms with Crippen molar-refractivity contribution in [2.45, 2.75) is 26.2 Å². The number of pyridine rings is 1. The number of amides is 1. The lowest BCUT2D eigenvalue weighted by Crippen LogP contribution is -2.28. The van der Waals surface area contributed by atoms with E-state index in [1.807, 2.05) is 0 Å². The molecule has 0 unspecified atom stereocenters. The topological polar surface area (TPSA) is 33.2 Å². The molecule has 0 aliphatic rings. The van der Waals surface area contributed by atoms with Crippen LogP contribution in [0.3, 0.4) is 0 Å². The number of rotatable bonds is 5. The molecule has 0 saturated carbocycles. The second kappa shape index (κ2) is 6.97. The number of hydrogen-bond acceptors (Lipinski definition) is 2. The molecular weight excluding hydrogens is 304 g/mol. The van der Waals surface area contributed by atoms with E-state index in [1.165, 1.54) is 0 Å². The fraction of sp³-hybridized carbons (Fsp3) is 0.500. The quantitative estimate of drug-likeness (QED) is 0.611. The van der Waals surface area contributed by atoms with Crippen molar-refractivity contribution in [1.29, 1.82) is 0 Å². The third-order valence-corrected chi connectivity index (χ3v) is 3.21. The molecule has 17 heavy (non-hydrogen) atoms. The van der Waals surface area contributed by atoms with E-state index in [4.69, 9.17) is 11.6 Å². The molecule has 0 aliphatic heterocycles. The zero-order chi connectivity index (χ0) is 12.8. The Balaban J connectivity index is 2.71. The Labute approximate surface area is 115 Å². The van der Waals surface area contributed by atoms with Gasteiger partial charge in [-0.1, -0.05) is 31.4 Å². The SMILES string of the molecule is CCCCCN(C)C(=O)c1cc(Br)cnc1Cl. The molecule has 1 heterocycles. The summed E-state index contributed by atoms with van der Waals surface area (Å²) in [5.41, 5.74) is 0.444. The Morgan fingerprint density at radius 3 is 2.88 bits per heavy atom. The number of carbonyl (C=O) groups is 1. The minimum atomic E-state index is -0.0834. The van der Waals surface area contributed by atoms with Crippen LogP contribution in [0.2, 0.25) is 5.15 Å². The number of halogens is 2. The molecule has 0 aliphatic carbocycles. The predicted octanol–water partition coefficient (Wildman–Crippen LogP) is 3.76. The molecule has 0 atom stereocenters. The standard InChI is InChI=1S/C12H16BrClN2O/c1-3-4-5-6-16(2)12(17)10-7-9(13)8-15-11(10)14/h7-8H,3-6H2,1-2H3. The van der Waals surface area contributed by atoms with Crippen LogP contribution in [0.25, 0.3) is 0 Å². The highest BCUT2D eigenvalue weighted by atomic mass is 79.9. The van der Waals surface area contributed by atoms with Crippen molar-refractivity contribution >= 4 is 33.4 Å². The van der Waals surface area contributed by atoms with Crippen LogP contribution in [0, 0.1) is 0 Å². The van der Waals surface area contributed by atoms with E-state index in [-0.39, 0.29) is 11.1 Å². The second-order valence-corrected chi connectivity index (χ2v) is 5.20. The van der Waals surface area contributed by atoms with Gasteiger partial charge in [-0.05, 0) is 28.4 Å². The maximum absolute atomic E-state index is 12.1. The first-order chi connectivity index (χ1) is 8.06. The number of carbonyl (C=O) groups excluding carboxylic acids is 1. The Hall–Kier alpha value is -0.610. The fourth-order valence-corrected chi connectivity index (χ4v) is 1.99. The predicted molar refractivity (Wildman–Crippen MR) is 73.4 cm³/mol. The van der Waals surface area contributed by atoms with E-state index in [2.05, 4.69) is 27.8 Å². The second-order valence-electron chi connectivity index (χ2n) is 3.93. The van der Waals surface area contributed by atoms with Crippen LogP contribution < -0.4 is 0 Å². The normalized spacial score (nSPS) is 10.4. The maximum Gasteiger partial charge on any atom is 0.256 e. The third kappa shape index (κ3) is 4.28. The fourth-order valence-electron chi connectivity index (χ4n) is 1.48. The van der Waals surface area contributed by atoms with Crippen molar-refractivity contribution in [1.82, 2.24) is 9.88 Å². The summed E-state index contributed by atoms with van der Waals surface area (Å²) in [6.45, 7) is 2.88. The molecule has 0 aromatic carbocycles. The Morgan fingerprint density at radius 1 is 1.53 bits per heavy atom. The van der Waals surface area contributed by atoms with Crippen molar-refractivity contribution in [2.75, 3.05) is 13.6 Å². The molecule has 0 spiro atoms. The highest BCUT2D eigenvalue weighted by Crippen LogP contribution is 2.19. The molecule has 1 rings (SSSR count). The monoisotopic (exact) mass is 318 g/mol. The zero-order valence-corrected chi connectivity index (χ0v) is 12.4. The molecule has 0 bridgehead atoms. The zero-order valence-electron chi connectivity index (χ0n) is 10.0. The number of nitrogens with zero attached hydrogens (tertiary/aromatic N) is 2. The number of aromatic nitrogens is 1. The average molecular weight is 320 g/mol. The molecule has 94 valence electrons. The molecule has 1 amide bonds. The Morgan fingerprint density at radius 2 is 2.24 bits per heavy atom. The summed E-state index contributed by atoms with van der Waals surface area (Å²) >= 11 is 9.20. The van der Waals surface area contributed by atoms with Gasteiger partial charge in [0.15, 0.2) is 0 Å². The van der Waals surface area contributed by atoms with Crippen LogP contribution in [-0.4, -0.2) is 29.4 Å². The van der Waals surface area contributed by atoms with Crippen molar-refractivity contribution in [2.24, 2.45) is 0 Å². The van der Waals surface area contributed by atoms with E-state index < -0.39 is 0 Å². The van der Waals surface area contributed by atoms with Crippen molar-refractivity contribution in [3.05, 3.63) is 27.5 Å². The first kappa shape index (κ1) is 14.5. The van der Waals surface area contributed by atoms with E-state index in [0.717, 1.165) is 30.3 Å². The summed E-state index contributed by atoms with van der Waals surface area (Å²) in [6, 6.07) is 1.70. The summed E-state index contributed by atoms with van der Waals surface area (Å²) in [5.74, 6) is -0.0834. The van der Waals surface area contributed by atoms with Gasteiger partial charge in [-0.3, -0.25) is 4.79 Å². The van der Waals surface area contributed by atoms with Gasteiger partial charge in [-0.2, -0.15) is 0 Å². The number of unbranched alkanes of at least 4 members (excludes halogenated alkanes) is 2. The van der Waals surface area contributed by atoms with Gasteiger partial charge in [-0.15, -0.1) is 0 Å². The highest BCUT2D eigenvalue weighted by molar-refractivity contribution is 9.10. The molecule has 0 radical (unpaired) electrons. The lowest BCUT2D eigenvalue weighted by molar-refractivity contribution is 0.0792. The van der Waals surface area contributed by atoms with Gasteiger partial charge in [0.05, 0.1) is 5.56 Å². The molecule has 3 nitrogen and oxygen atoms in total. The maximum atomic E-state index is 12.1. The van der Waals surface area contributed by atoms with Gasteiger partial charge in [0.2, 0.25) is 0 Å². The van der Waals surface area contributed by atoms with Gasteiger partial charge in [0.25, 0.3) is 5.91 Å². The van der Waals surface area contributed by atoms with Crippen molar-refractivity contribution < 1.29 is 4.79 Å². The molecule has 1 aromatic heterocycles. The lowest BCUT2D eigenvalue weighted by Gasteiger charge is -2.17. The van der Waals surface area contributed by atoms with E-state index in [9.17, 15) is 4.79 Å². The molecule has 0 fully saturated rings. The highest BCUT2D eigenvalue weighted by Gasteiger charge is 2.15. The minimum absolute atomic E-state index is 0.0834. The van der Waals surface area contributed by atoms with Crippen LogP contribution in [0.4, 0.5) is 0 Å². The Kier molecular flexibility index (Phi) is 5.92. The van der Waals surface area contributed by atoms with Crippen LogP contribution >= 0.6 is 27.5 Å². The van der Waals surface area contributed by atoms with Crippen molar-refractivity contribution in [3.63, 3.8) is 0 Å². The molecular formula is C12H16BrClN2O. The van der Waals surface area contributed by atoms with E-state index in [1.54, 1.807) is 24.2 Å². The largest absolute Gasteiger partial charge is 0.342 e. The summed E-state index contributed by atoms with van der Waals surface area (Å²) in [5, 5.41) is 0.251. The summed E-state index contributed by atoms with van der Waals surface area (Å²) in [6.07, 6.45) is 4.86. The lowest BCUT2D eigenvalue weighted by atomic mass is 10.2. The van der Waals surface area contributed by atoms with Crippen LogP contribution in [0.1, 0.15) is 36.5 Å². The summed E-state index contributed by atoms with van der Waals surface area (Å²) in [7, 11) is 1.79. The first-order valence-corrected chi connectivity index (χ1v) is 6.80. The van der Waals surface area contributed by atoms with E-state index in [0.29, 0.717) is 5.56 Å². The average Bonchev–Trinajstić information content (AvgIpc) is 2.31. The van der Waals surface area contributed by atoms with Gasteiger partial charge < -0.3 is 4.90 Å². The third-order valence-electron chi connectivity index (χ3n) is 2.48. The van der Waals surface area contributed by atoms with Crippen LogP contribution in [0.5, 0.6) is 0 Å². The smallest absolute Gasteiger partial charge is 0.256 e. The van der Waals surface area contributed by atoms with Crippen LogP contribution in [-0.2, 0) is 0 Å². The first-order valence-electron chi connectivity index (χ1n) is 5.62. The van der Waals surface area contributed by atoms with E-state index >= 15 is 0 Å². The van der Waals surface area contributed by atoms with Crippen molar-refractivity contribution in [3.8, 4) is 0 Å². The minimum Gasteiger partial charge on any atom is -0.342 e. The summed E-state index contributed by atoms with van der Waals surface area (Å²) < 4.78 is 0.757. The molecule has 5 heteroatoms. The van der Waals surface area contributed by atoms with Crippen LogP contribution in [0.15, 0.2) is 16.7 Å². The number of hydrogen-bond donors (Lipinski definition) is 0. The van der Waals surface area contributed by atoms with Gasteiger partial charge in [0, 0.05) is 24.3 Å². The van der Waals surface area contributed by atoms with Gasteiger partial charge >= 0.3 is 0 Å². The Bertz CT molecular complexity index is 398. The summed E-state index contributed by atoms with van der Waals surface area (Å²) in [4.78, 5) is 17.7. The molecule has 0 saturated heterocycles. The molecule has 0 N–H and O–H groups in total. The molecule has 1 aromatic rings. The van der Waals surface area contributed by atoms with Gasteiger partial charge in [-0.25, -0.2) is 4.98 Å².